The van der Waals surface area contributed by atoms with Gasteiger partial charge in [0.2, 0.25) is 5.91 Å². The number of anilines is 2. The lowest BCUT2D eigenvalue weighted by Crippen LogP contribution is -2.46. The van der Waals surface area contributed by atoms with Crippen molar-refractivity contribution in [1.82, 2.24) is 4.90 Å². The zero-order chi connectivity index (χ0) is 14.0. The molecule has 1 aliphatic heterocycles. The van der Waals surface area contributed by atoms with E-state index in [2.05, 4.69) is 6.07 Å². The number of hydrogen-bond acceptors (Lipinski definition) is 4. The van der Waals surface area contributed by atoms with Crippen LogP contribution in [0.5, 0.6) is 0 Å². The zero-order valence-corrected chi connectivity index (χ0v) is 11.6. The molecule has 0 fully saturated rings. The number of hydrogen-bond donors (Lipinski definition) is 0. The lowest BCUT2D eigenvalue weighted by Gasteiger charge is -2.35. The predicted octanol–water partition coefficient (Wildman–Crippen LogP) is 0.903. The van der Waals surface area contributed by atoms with Crippen LogP contribution < -0.4 is 9.80 Å². The molecule has 19 heavy (non-hydrogen) atoms. The third-order valence-electron chi connectivity index (χ3n) is 3.25. The number of benzene rings is 1. The molecule has 0 radical (unpaired) electrons. The van der Waals surface area contributed by atoms with Gasteiger partial charge in [-0.25, -0.2) is 0 Å². The Bertz CT molecular complexity index is 533. The minimum Gasteiger partial charge on any atom is -0.364 e. The van der Waals surface area contributed by atoms with Crippen LogP contribution in [0.15, 0.2) is 18.2 Å². The summed E-state index contributed by atoms with van der Waals surface area (Å²) in [5.74, 6) is 0.0759. The van der Waals surface area contributed by atoms with E-state index in [0.717, 1.165) is 17.9 Å². The highest BCUT2D eigenvalue weighted by Crippen LogP contribution is 2.33. The first-order valence-electron chi connectivity index (χ1n) is 6.23. The van der Waals surface area contributed by atoms with Gasteiger partial charge in [0.15, 0.2) is 0 Å². The average molecular weight is 258 g/mol. The van der Waals surface area contributed by atoms with Gasteiger partial charge >= 0.3 is 0 Å². The summed E-state index contributed by atoms with van der Waals surface area (Å²) in [4.78, 5) is 17.9. The molecule has 0 bridgehead atoms. The Kier molecular flexibility index (Phi) is 3.72. The molecule has 0 atom stereocenters. The molecule has 0 aromatic heterocycles. The fraction of sp³-hybridized carbons (Fsp3) is 0.429. The van der Waals surface area contributed by atoms with Crippen molar-refractivity contribution in [3.05, 3.63) is 23.8 Å². The Labute approximate surface area is 113 Å². The maximum atomic E-state index is 12.2. The molecule has 100 valence electrons. The highest BCUT2D eigenvalue weighted by molar-refractivity contribution is 6.03. The number of fused-ring (bicyclic) bond motifs is 1. The van der Waals surface area contributed by atoms with Gasteiger partial charge < -0.3 is 14.7 Å². The van der Waals surface area contributed by atoms with Gasteiger partial charge in [-0.1, -0.05) is 0 Å². The molecule has 2 rings (SSSR count). The molecule has 1 heterocycles. The second kappa shape index (κ2) is 5.29. The highest BCUT2D eigenvalue weighted by Gasteiger charge is 2.27. The fourth-order valence-corrected chi connectivity index (χ4v) is 2.18. The van der Waals surface area contributed by atoms with Gasteiger partial charge in [0.25, 0.3) is 0 Å². The first kappa shape index (κ1) is 13.4. The van der Waals surface area contributed by atoms with Gasteiger partial charge in [0.1, 0.15) is 0 Å². The van der Waals surface area contributed by atoms with E-state index in [4.69, 9.17) is 5.26 Å². The Morgan fingerprint density at radius 3 is 2.74 bits per heavy atom. The molecule has 1 aromatic carbocycles. The van der Waals surface area contributed by atoms with E-state index in [1.165, 1.54) is 0 Å². The summed E-state index contributed by atoms with van der Waals surface area (Å²) in [6.45, 7) is 1.82. The van der Waals surface area contributed by atoms with Crippen LogP contribution in [0.1, 0.15) is 5.56 Å². The maximum absolute atomic E-state index is 12.2. The summed E-state index contributed by atoms with van der Waals surface area (Å²) in [5, 5.41) is 9.00. The smallest absolute Gasteiger partial charge is 0.246 e. The van der Waals surface area contributed by atoms with Crippen LogP contribution in [0.4, 0.5) is 11.4 Å². The largest absolute Gasteiger partial charge is 0.364 e. The van der Waals surface area contributed by atoms with Crippen LogP contribution in [0.2, 0.25) is 0 Å². The first-order chi connectivity index (χ1) is 9.02. The van der Waals surface area contributed by atoms with Crippen molar-refractivity contribution < 1.29 is 4.79 Å². The molecule has 1 amide bonds. The van der Waals surface area contributed by atoms with Crippen molar-refractivity contribution >= 4 is 17.3 Å². The Balaban J connectivity index is 2.37. The summed E-state index contributed by atoms with van der Waals surface area (Å²) in [5.41, 5.74) is 2.41. The van der Waals surface area contributed by atoms with Gasteiger partial charge in [-0.2, -0.15) is 5.26 Å². The molecular formula is C14H18N4O. The van der Waals surface area contributed by atoms with Gasteiger partial charge in [0.05, 0.1) is 29.6 Å². The molecule has 0 N–H and O–H groups in total. The van der Waals surface area contributed by atoms with E-state index in [1.54, 1.807) is 17.0 Å². The molecule has 1 aliphatic rings. The summed E-state index contributed by atoms with van der Waals surface area (Å²) in [6.07, 6.45) is 0. The topological polar surface area (TPSA) is 50.6 Å². The van der Waals surface area contributed by atoms with Crippen LogP contribution in [-0.4, -0.2) is 51.6 Å². The Morgan fingerprint density at radius 2 is 2.11 bits per heavy atom. The molecule has 0 spiro atoms. The van der Waals surface area contributed by atoms with Crippen molar-refractivity contribution in [3.63, 3.8) is 0 Å². The van der Waals surface area contributed by atoms with E-state index in [0.29, 0.717) is 18.7 Å². The molecule has 0 saturated carbocycles. The monoisotopic (exact) mass is 258 g/mol. The number of amides is 1. The minimum absolute atomic E-state index is 0.0759. The molecule has 5 nitrogen and oxygen atoms in total. The Morgan fingerprint density at radius 1 is 1.37 bits per heavy atom. The SMILES string of the molecule is CN(C)CCN1C(=O)CN(C)c2ccc(C#N)cc21. The average Bonchev–Trinajstić information content (AvgIpc) is 2.37. The maximum Gasteiger partial charge on any atom is 0.246 e. The van der Waals surface area contributed by atoms with Gasteiger partial charge in [-0.15, -0.1) is 0 Å². The second-order valence-corrected chi connectivity index (χ2v) is 5.02. The van der Waals surface area contributed by atoms with E-state index >= 15 is 0 Å². The number of carbonyl (C=O) groups is 1. The number of likely N-dealkylation sites (N-methyl/N-ethyl adjacent to an activating group) is 2. The zero-order valence-electron chi connectivity index (χ0n) is 11.6. The fourth-order valence-electron chi connectivity index (χ4n) is 2.18. The van der Waals surface area contributed by atoms with Crippen molar-refractivity contribution in [2.24, 2.45) is 0 Å². The van der Waals surface area contributed by atoms with Crippen LogP contribution in [0.3, 0.4) is 0 Å². The number of rotatable bonds is 3. The van der Waals surface area contributed by atoms with Gasteiger partial charge in [-0.05, 0) is 32.3 Å². The Hall–Kier alpha value is -2.06. The summed E-state index contributed by atoms with van der Waals surface area (Å²) >= 11 is 0. The number of nitriles is 1. The van der Waals surface area contributed by atoms with Gasteiger partial charge in [0, 0.05) is 20.1 Å². The third kappa shape index (κ3) is 2.69. The third-order valence-corrected chi connectivity index (χ3v) is 3.25. The molecular weight excluding hydrogens is 240 g/mol. The van der Waals surface area contributed by atoms with E-state index in [1.807, 2.05) is 37.0 Å². The first-order valence-corrected chi connectivity index (χ1v) is 6.23. The van der Waals surface area contributed by atoms with Crippen molar-refractivity contribution in [2.75, 3.05) is 50.6 Å². The van der Waals surface area contributed by atoms with Crippen LogP contribution >= 0.6 is 0 Å². The lowest BCUT2D eigenvalue weighted by molar-refractivity contribution is -0.117. The summed E-state index contributed by atoms with van der Waals surface area (Å²) in [6, 6.07) is 7.61. The number of nitrogens with zero attached hydrogens (tertiary/aromatic N) is 4. The highest BCUT2D eigenvalue weighted by atomic mass is 16.2. The van der Waals surface area contributed by atoms with Crippen molar-refractivity contribution in [3.8, 4) is 6.07 Å². The molecule has 0 saturated heterocycles. The molecule has 1 aromatic rings. The van der Waals surface area contributed by atoms with Crippen molar-refractivity contribution in [1.29, 1.82) is 5.26 Å². The van der Waals surface area contributed by atoms with Gasteiger partial charge in [-0.3, -0.25) is 4.79 Å². The van der Waals surface area contributed by atoms with E-state index in [9.17, 15) is 4.79 Å². The van der Waals surface area contributed by atoms with Crippen LogP contribution in [0, 0.1) is 11.3 Å². The van der Waals surface area contributed by atoms with E-state index in [-0.39, 0.29) is 5.91 Å². The van der Waals surface area contributed by atoms with Crippen LogP contribution in [0.25, 0.3) is 0 Å². The predicted molar refractivity (Wildman–Crippen MR) is 75.3 cm³/mol. The number of carbonyl (C=O) groups excluding carboxylic acids is 1. The summed E-state index contributed by atoms with van der Waals surface area (Å²) < 4.78 is 0. The quantitative estimate of drug-likeness (QED) is 0.808. The minimum atomic E-state index is 0.0759. The van der Waals surface area contributed by atoms with Crippen LogP contribution in [-0.2, 0) is 4.79 Å². The standard InChI is InChI=1S/C14H18N4O/c1-16(2)6-7-18-13-8-11(9-15)4-5-12(13)17(3)10-14(18)19/h4-5,8H,6-7,10H2,1-3H3. The molecule has 0 aliphatic carbocycles. The normalized spacial score (nSPS) is 14.6. The van der Waals surface area contributed by atoms with Crippen molar-refractivity contribution in [2.45, 2.75) is 0 Å². The summed E-state index contributed by atoms with van der Waals surface area (Å²) in [7, 11) is 5.85. The van der Waals surface area contributed by atoms with E-state index < -0.39 is 0 Å². The second-order valence-electron chi connectivity index (χ2n) is 5.02. The molecule has 0 unspecified atom stereocenters. The lowest BCUT2D eigenvalue weighted by atomic mass is 10.1. The molecule has 5 heteroatoms.